The molecule has 0 saturated heterocycles. The van der Waals surface area contributed by atoms with Gasteiger partial charge in [-0.2, -0.15) is 0 Å². The van der Waals surface area contributed by atoms with Gasteiger partial charge >= 0.3 is 0 Å². The van der Waals surface area contributed by atoms with Crippen molar-refractivity contribution >= 4 is 0 Å². The van der Waals surface area contributed by atoms with E-state index in [-0.39, 0.29) is 5.60 Å². The van der Waals surface area contributed by atoms with Gasteiger partial charge in [0.25, 0.3) is 0 Å². The molecule has 0 aliphatic rings. The molecule has 0 aromatic carbocycles. The van der Waals surface area contributed by atoms with E-state index in [4.69, 9.17) is 42.6 Å². The lowest BCUT2D eigenvalue weighted by Gasteiger charge is -2.19. The van der Waals surface area contributed by atoms with Crippen molar-refractivity contribution in [3.63, 3.8) is 0 Å². The molecule has 0 aromatic heterocycles. The molecule has 0 heterocycles. The van der Waals surface area contributed by atoms with Gasteiger partial charge in [0.2, 0.25) is 0 Å². The molecule has 9 nitrogen and oxygen atoms in total. The van der Waals surface area contributed by atoms with E-state index >= 15 is 0 Å². The average Bonchev–Trinajstić information content (AvgIpc) is 3.20. The van der Waals surface area contributed by atoms with Gasteiger partial charge in [0.05, 0.1) is 30.5 Å². The molecule has 0 aliphatic carbocycles. The third-order valence-electron chi connectivity index (χ3n) is 8.52. The lowest BCUT2D eigenvalue weighted by molar-refractivity contribution is 0.0196. The van der Waals surface area contributed by atoms with Crippen LogP contribution in [0.4, 0.5) is 0 Å². The van der Waals surface area contributed by atoms with Crippen molar-refractivity contribution in [1.82, 2.24) is 0 Å². The lowest BCUT2D eigenvalue weighted by Crippen LogP contribution is -2.20. The van der Waals surface area contributed by atoms with E-state index in [1.54, 1.807) is 64.0 Å². The van der Waals surface area contributed by atoms with Gasteiger partial charge in [-0.3, -0.25) is 0 Å². The summed E-state index contributed by atoms with van der Waals surface area (Å²) in [5.74, 6) is 2.05. The highest BCUT2D eigenvalue weighted by Gasteiger charge is 2.11. The molecule has 0 saturated carbocycles. The minimum Gasteiger partial charge on any atom is -0.385 e. The van der Waals surface area contributed by atoms with Gasteiger partial charge in [-0.1, -0.05) is 123 Å². The fraction of sp³-hybridized carbons (Fsp3) is 1.00. The largest absolute Gasteiger partial charge is 0.385 e. The summed E-state index contributed by atoms with van der Waals surface area (Å²) in [6.45, 7) is 44.8. The molecule has 0 rings (SSSR count). The fourth-order valence-corrected chi connectivity index (χ4v) is 3.07. The Labute approximate surface area is 375 Å². The maximum Gasteiger partial charge on any atom is 0.0620 e. The van der Waals surface area contributed by atoms with Crippen LogP contribution >= 0.6 is 0 Å². The number of ether oxygens (including phenoxy) is 9. The highest BCUT2D eigenvalue weighted by Crippen LogP contribution is 2.11. The molecule has 3 atom stereocenters. The highest BCUT2D eigenvalue weighted by atomic mass is 16.5. The molecular weight excluding hydrogens is 745 g/mol. The molecule has 0 radical (unpaired) electrons. The lowest BCUT2D eigenvalue weighted by atomic mass is 9.99. The second-order valence-corrected chi connectivity index (χ2v) is 17.1. The van der Waals surface area contributed by atoms with Crippen LogP contribution in [0.3, 0.4) is 0 Å². The van der Waals surface area contributed by atoms with Gasteiger partial charge in [-0.15, -0.1) is 0 Å². The molecule has 3 unspecified atom stereocenters. The standard InChI is InChI=1S/6C6H14O.2C5H12O.C4H10O/c1-6(2,3)5-7-4;1-5-6(2,3)7-4;1-5(2)6(3)7-4;1-4-6(2)5-7-3;1-4-6(5-2)7-3;1-3-4-5-6-7-2;1-5(2)4-6-3;1-4-5(2)6-3;1-3-4-5-2/h2*5H2,1-4H3;5-6H,1-4H3;2*6H,4-5H2,1-3H3;3-6H2,1-2H3;2*5H,4H2,1-3H3;3-4H2,1-2H3. The van der Waals surface area contributed by atoms with Crippen LogP contribution in [0.15, 0.2) is 0 Å². The highest BCUT2D eigenvalue weighted by molar-refractivity contribution is 4.62. The average molecular weight is 863 g/mol. The fourth-order valence-electron chi connectivity index (χ4n) is 3.07. The predicted molar refractivity (Wildman–Crippen MR) is 264 cm³/mol. The summed E-state index contributed by atoms with van der Waals surface area (Å²) >= 11 is 0. The number of unbranched alkanes of at least 4 members (excludes halogenated alkanes) is 2. The van der Waals surface area contributed by atoms with Gasteiger partial charge < -0.3 is 42.6 Å². The van der Waals surface area contributed by atoms with E-state index in [0.717, 1.165) is 71.1 Å². The van der Waals surface area contributed by atoms with Crippen LogP contribution in [-0.2, 0) is 42.6 Å². The summed E-state index contributed by atoms with van der Waals surface area (Å²) in [6.07, 6.45) is 11.9. The van der Waals surface area contributed by atoms with Crippen LogP contribution in [0.5, 0.6) is 0 Å². The van der Waals surface area contributed by atoms with Crippen molar-refractivity contribution in [2.45, 2.75) is 213 Å². The van der Waals surface area contributed by atoms with Crippen molar-refractivity contribution in [3.8, 4) is 0 Å². The molecular formula is C50H118O9. The predicted octanol–water partition coefficient (Wildman–Crippen LogP) is 14.3. The van der Waals surface area contributed by atoms with E-state index in [9.17, 15) is 0 Å². The van der Waals surface area contributed by atoms with Crippen molar-refractivity contribution in [2.24, 2.45) is 23.2 Å². The topological polar surface area (TPSA) is 83.1 Å². The summed E-state index contributed by atoms with van der Waals surface area (Å²) in [4.78, 5) is 0. The zero-order valence-electron chi connectivity index (χ0n) is 46.0. The SMILES string of the molecule is CCC(C)(C)OC.CCC(C)COC.CCC(C)OC.CCC(CC)OC.CCCCCOC.CCCOC.COC(C)C(C)C.COCC(C)(C)C.COCC(C)C. The Kier molecular flexibility index (Phi) is 89.4. The van der Waals surface area contributed by atoms with Gasteiger partial charge in [-0.25, -0.2) is 0 Å². The monoisotopic (exact) mass is 863 g/mol. The van der Waals surface area contributed by atoms with Crippen molar-refractivity contribution < 1.29 is 42.6 Å². The smallest absolute Gasteiger partial charge is 0.0620 e. The Morgan fingerprint density at radius 1 is 0.458 bits per heavy atom. The number of methoxy groups -OCH3 is 9. The molecule has 0 fully saturated rings. The van der Waals surface area contributed by atoms with E-state index in [0.29, 0.717) is 35.6 Å². The van der Waals surface area contributed by atoms with Crippen LogP contribution in [-0.4, -0.2) is 121 Å². The molecule has 0 N–H and O–H groups in total. The quantitative estimate of drug-likeness (QED) is 0.105. The summed E-state index contributed by atoms with van der Waals surface area (Å²) in [5.41, 5.74) is 0.411. The first-order chi connectivity index (χ1) is 27.4. The summed E-state index contributed by atoms with van der Waals surface area (Å²) in [7, 11) is 15.6. The van der Waals surface area contributed by atoms with Gasteiger partial charge in [0.1, 0.15) is 0 Å². The first kappa shape index (κ1) is 79.1. The van der Waals surface area contributed by atoms with E-state index < -0.39 is 0 Å². The zero-order chi connectivity index (χ0) is 48.7. The minimum absolute atomic E-state index is 0.0833. The third kappa shape index (κ3) is 114. The Morgan fingerprint density at radius 3 is 1.00 bits per heavy atom. The molecule has 0 amide bonds. The second-order valence-electron chi connectivity index (χ2n) is 17.1. The van der Waals surface area contributed by atoms with Crippen molar-refractivity contribution in [3.05, 3.63) is 0 Å². The summed E-state index contributed by atoms with van der Waals surface area (Å²) < 4.78 is 44.2. The normalized spacial score (nSPS) is 11.8. The zero-order valence-corrected chi connectivity index (χ0v) is 46.0. The maximum absolute atomic E-state index is 5.09. The molecule has 0 bridgehead atoms. The molecule has 9 heteroatoms. The Balaban J connectivity index is -0.0000000682. The van der Waals surface area contributed by atoms with Crippen LogP contribution in [0.1, 0.15) is 189 Å². The number of hydrogen-bond acceptors (Lipinski definition) is 9. The van der Waals surface area contributed by atoms with E-state index in [1.807, 2.05) is 0 Å². The minimum atomic E-state index is 0.0833. The van der Waals surface area contributed by atoms with Crippen LogP contribution in [0, 0.1) is 23.2 Å². The summed E-state index contributed by atoms with van der Waals surface area (Å²) in [6, 6.07) is 0. The number of hydrogen-bond donors (Lipinski definition) is 0. The van der Waals surface area contributed by atoms with E-state index in [2.05, 4.69) is 132 Å². The number of rotatable bonds is 21. The molecule has 0 aliphatic heterocycles. The molecule has 0 spiro atoms. The van der Waals surface area contributed by atoms with Gasteiger partial charge in [0, 0.05) is 90.4 Å². The first-order valence-corrected chi connectivity index (χ1v) is 23.0. The van der Waals surface area contributed by atoms with Crippen molar-refractivity contribution in [2.75, 3.05) is 97.0 Å². The Hall–Kier alpha value is -0.360. The molecule has 59 heavy (non-hydrogen) atoms. The van der Waals surface area contributed by atoms with E-state index in [1.165, 1.54) is 25.7 Å². The van der Waals surface area contributed by atoms with Crippen molar-refractivity contribution in [1.29, 1.82) is 0 Å². The van der Waals surface area contributed by atoms with Crippen LogP contribution in [0.2, 0.25) is 0 Å². The van der Waals surface area contributed by atoms with Crippen LogP contribution < -0.4 is 0 Å². The first-order valence-electron chi connectivity index (χ1n) is 23.0. The Morgan fingerprint density at radius 2 is 0.932 bits per heavy atom. The molecule has 372 valence electrons. The summed E-state index contributed by atoms with van der Waals surface area (Å²) in [5, 5.41) is 0. The van der Waals surface area contributed by atoms with Gasteiger partial charge in [0.15, 0.2) is 0 Å². The maximum atomic E-state index is 5.09. The molecule has 0 aromatic rings. The second kappa shape index (κ2) is 66.7. The third-order valence-corrected chi connectivity index (χ3v) is 8.52. The van der Waals surface area contributed by atoms with Crippen LogP contribution in [0.25, 0.3) is 0 Å². The Bertz CT molecular complexity index is 597. The van der Waals surface area contributed by atoms with Gasteiger partial charge in [-0.05, 0) is 89.4 Å².